The first-order valence-electron chi connectivity index (χ1n) is 7.79. The molecule has 25 heavy (non-hydrogen) atoms. The molecule has 0 spiro atoms. The summed E-state index contributed by atoms with van der Waals surface area (Å²) in [5.41, 5.74) is 1.96. The van der Waals surface area contributed by atoms with Crippen LogP contribution in [0.4, 0.5) is 11.4 Å². The molecule has 0 aromatic heterocycles. The molecular formula is C18H16N2O5. The van der Waals surface area contributed by atoms with E-state index in [0.29, 0.717) is 30.6 Å². The van der Waals surface area contributed by atoms with Gasteiger partial charge in [0, 0.05) is 29.9 Å². The number of ether oxygens (including phenoxy) is 1. The Hall–Kier alpha value is -3.22. The molecule has 2 aromatic rings. The van der Waals surface area contributed by atoms with E-state index in [1.807, 2.05) is 0 Å². The first-order valence-corrected chi connectivity index (χ1v) is 7.79. The fourth-order valence-electron chi connectivity index (χ4n) is 3.05. The van der Waals surface area contributed by atoms with Gasteiger partial charge in [0.1, 0.15) is 0 Å². The predicted molar refractivity (Wildman–Crippen MR) is 90.9 cm³/mol. The standard InChI is InChI=1S/C18H16N2O5/c1-25-18(22)15-7-3-9-16-14(15)8-4-10-19(16)17(21)12-5-2-6-13(11-12)20(23)24/h2-3,5-7,9,11H,4,8,10H2,1H3. The van der Waals surface area contributed by atoms with Crippen LogP contribution < -0.4 is 4.90 Å². The van der Waals surface area contributed by atoms with Gasteiger partial charge in [0.15, 0.2) is 0 Å². The van der Waals surface area contributed by atoms with Crippen molar-refractivity contribution in [1.29, 1.82) is 0 Å². The average Bonchev–Trinajstić information content (AvgIpc) is 2.65. The van der Waals surface area contributed by atoms with Gasteiger partial charge in [-0.3, -0.25) is 14.9 Å². The number of nitrogens with zero attached hydrogens (tertiary/aromatic N) is 2. The van der Waals surface area contributed by atoms with Crippen LogP contribution in [0.5, 0.6) is 0 Å². The van der Waals surface area contributed by atoms with Crippen LogP contribution in [0, 0.1) is 10.1 Å². The zero-order valence-electron chi connectivity index (χ0n) is 13.6. The molecule has 0 saturated carbocycles. The highest BCUT2D eigenvalue weighted by Crippen LogP contribution is 2.31. The van der Waals surface area contributed by atoms with Crippen LogP contribution in [0.2, 0.25) is 0 Å². The number of rotatable bonds is 3. The minimum atomic E-state index is -0.531. The van der Waals surface area contributed by atoms with E-state index in [1.54, 1.807) is 29.2 Å². The maximum Gasteiger partial charge on any atom is 0.338 e. The highest BCUT2D eigenvalue weighted by Gasteiger charge is 2.27. The minimum absolute atomic E-state index is 0.133. The Morgan fingerprint density at radius 1 is 1.20 bits per heavy atom. The van der Waals surface area contributed by atoms with Crippen LogP contribution in [0.15, 0.2) is 42.5 Å². The maximum absolute atomic E-state index is 12.9. The Morgan fingerprint density at radius 2 is 1.96 bits per heavy atom. The number of hydrogen-bond donors (Lipinski definition) is 0. The van der Waals surface area contributed by atoms with Crippen LogP contribution in [0.3, 0.4) is 0 Å². The Morgan fingerprint density at radius 3 is 2.68 bits per heavy atom. The molecule has 0 aliphatic carbocycles. The number of anilines is 1. The lowest BCUT2D eigenvalue weighted by atomic mass is 9.95. The molecule has 1 aliphatic heterocycles. The van der Waals surface area contributed by atoms with Crippen molar-refractivity contribution in [3.63, 3.8) is 0 Å². The van der Waals surface area contributed by atoms with Gasteiger partial charge in [-0.15, -0.1) is 0 Å². The van der Waals surface area contributed by atoms with E-state index in [2.05, 4.69) is 0 Å². The molecule has 7 nitrogen and oxygen atoms in total. The summed E-state index contributed by atoms with van der Waals surface area (Å²) >= 11 is 0. The van der Waals surface area contributed by atoms with Crippen molar-refractivity contribution in [3.05, 3.63) is 69.3 Å². The SMILES string of the molecule is COC(=O)c1cccc2c1CCCN2C(=O)c1cccc([N+](=O)[O-])c1. The van der Waals surface area contributed by atoms with Crippen LogP contribution in [0.1, 0.15) is 32.7 Å². The van der Waals surface area contributed by atoms with Crippen molar-refractivity contribution >= 4 is 23.3 Å². The fourth-order valence-corrected chi connectivity index (χ4v) is 3.05. The first-order chi connectivity index (χ1) is 12.0. The summed E-state index contributed by atoms with van der Waals surface area (Å²) < 4.78 is 4.81. The molecule has 0 bridgehead atoms. The second-order valence-corrected chi connectivity index (χ2v) is 5.66. The number of non-ortho nitro benzene ring substituents is 1. The van der Waals surface area contributed by atoms with Gasteiger partial charge in [-0.25, -0.2) is 4.79 Å². The van der Waals surface area contributed by atoms with Gasteiger partial charge < -0.3 is 9.64 Å². The van der Waals surface area contributed by atoms with Crippen LogP contribution in [-0.2, 0) is 11.2 Å². The van der Waals surface area contributed by atoms with E-state index >= 15 is 0 Å². The van der Waals surface area contributed by atoms with Gasteiger partial charge in [0.25, 0.3) is 11.6 Å². The normalized spacial score (nSPS) is 13.1. The number of nitro benzene ring substituents is 1. The van der Waals surface area contributed by atoms with Gasteiger partial charge in [0.05, 0.1) is 17.6 Å². The molecule has 1 amide bonds. The smallest absolute Gasteiger partial charge is 0.338 e. The maximum atomic E-state index is 12.9. The highest BCUT2D eigenvalue weighted by atomic mass is 16.6. The average molecular weight is 340 g/mol. The third-order valence-corrected chi connectivity index (χ3v) is 4.20. The fraction of sp³-hybridized carbons (Fsp3) is 0.222. The van der Waals surface area contributed by atoms with Gasteiger partial charge in [-0.05, 0) is 36.6 Å². The monoisotopic (exact) mass is 340 g/mol. The molecule has 0 radical (unpaired) electrons. The number of methoxy groups -OCH3 is 1. The number of amides is 1. The topological polar surface area (TPSA) is 89.8 Å². The third kappa shape index (κ3) is 3.08. The Balaban J connectivity index is 2.01. The molecule has 0 N–H and O–H groups in total. The van der Waals surface area contributed by atoms with Crippen molar-refractivity contribution < 1.29 is 19.2 Å². The van der Waals surface area contributed by atoms with Crippen molar-refractivity contribution in [3.8, 4) is 0 Å². The van der Waals surface area contributed by atoms with Gasteiger partial charge >= 0.3 is 5.97 Å². The molecule has 2 aromatic carbocycles. The summed E-state index contributed by atoms with van der Waals surface area (Å²) in [6, 6.07) is 10.8. The van der Waals surface area contributed by atoms with Gasteiger partial charge in [-0.1, -0.05) is 12.1 Å². The minimum Gasteiger partial charge on any atom is -0.465 e. The molecular weight excluding hydrogens is 324 g/mol. The Bertz CT molecular complexity index is 862. The lowest BCUT2D eigenvalue weighted by Crippen LogP contribution is -2.36. The summed E-state index contributed by atoms with van der Waals surface area (Å²) in [4.78, 5) is 36.8. The number of nitro groups is 1. The molecule has 1 heterocycles. The molecule has 0 fully saturated rings. The summed E-state index contributed by atoms with van der Waals surface area (Å²) in [6.07, 6.45) is 1.36. The van der Waals surface area contributed by atoms with Gasteiger partial charge in [-0.2, -0.15) is 0 Å². The second-order valence-electron chi connectivity index (χ2n) is 5.66. The van der Waals surface area contributed by atoms with E-state index in [0.717, 1.165) is 5.56 Å². The summed E-state index contributed by atoms with van der Waals surface area (Å²) in [5, 5.41) is 10.9. The number of carbonyl (C=O) groups excluding carboxylic acids is 2. The first kappa shape index (κ1) is 16.6. The highest BCUT2D eigenvalue weighted by molar-refractivity contribution is 6.08. The second kappa shape index (κ2) is 6.72. The van der Waals surface area contributed by atoms with Crippen LogP contribution in [0.25, 0.3) is 0 Å². The van der Waals surface area contributed by atoms with Crippen LogP contribution in [-0.4, -0.2) is 30.5 Å². The third-order valence-electron chi connectivity index (χ3n) is 4.20. The van der Waals surface area contributed by atoms with Crippen molar-refractivity contribution in [1.82, 2.24) is 0 Å². The Kier molecular flexibility index (Phi) is 4.47. The zero-order valence-corrected chi connectivity index (χ0v) is 13.6. The summed E-state index contributed by atoms with van der Waals surface area (Å²) in [6.45, 7) is 0.485. The molecule has 0 saturated heterocycles. The number of carbonyl (C=O) groups is 2. The largest absolute Gasteiger partial charge is 0.465 e. The lowest BCUT2D eigenvalue weighted by Gasteiger charge is -2.30. The molecule has 0 unspecified atom stereocenters. The molecule has 7 heteroatoms. The predicted octanol–water partition coefficient (Wildman–Crippen LogP) is 2.97. The van der Waals surface area contributed by atoms with E-state index in [9.17, 15) is 19.7 Å². The molecule has 128 valence electrons. The van der Waals surface area contributed by atoms with Crippen molar-refractivity contribution in [2.75, 3.05) is 18.6 Å². The molecule has 0 atom stereocenters. The van der Waals surface area contributed by atoms with Crippen molar-refractivity contribution in [2.24, 2.45) is 0 Å². The van der Waals surface area contributed by atoms with Crippen LogP contribution >= 0.6 is 0 Å². The number of fused-ring (bicyclic) bond motifs is 1. The van der Waals surface area contributed by atoms with E-state index in [4.69, 9.17) is 4.74 Å². The quantitative estimate of drug-likeness (QED) is 0.487. The van der Waals surface area contributed by atoms with Gasteiger partial charge in [0.2, 0.25) is 0 Å². The summed E-state index contributed by atoms with van der Waals surface area (Å²) in [7, 11) is 1.32. The van der Waals surface area contributed by atoms with E-state index < -0.39 is 10.9 Å². The Labute approximate surface area is 144 Å². The number of esters is 1. The zero-order chi connectivity index (χ0) is 18.0. The molecule has 3 rings (SSSR count). The molecule has 1 aliphatic rings. The van der Waals surface area contributed by atoms with E-state index in [1.165, 1.54) is 25.3 Å². The number of hydrogen-bond acceptors (Lipinski definition) is 5. The number of benzene rings is 2. The summed E-state index contributed by atoms with van der Waals surface area (Å²) in [5.74, 6) is -0.770. The van der Waals surface area contributed by atoms with Crippen molar-refractivity contribution in [2.45, 2.75) is 12.8 Å². The van der Waals surface area contributed by atoms with E-state index in [-0.39, 0.29) is 17.2 Å². The lowest BCUT2D eigenvalue weighted by molar-refractivity contribution is -0.384.